The lowest BCUT2D eigenvalue weighted by molar-refractivity contribution is 0.0990. The fourth-order valence-electron chi connectivity index (χ4n) is 1.37. The van der Waals surface area contributed by atoms with E-state index in [1.54, 1.807) is 18.2 Å². The molecular formula is C12H8BrClN2O. The molecule has 17 heavy (non-hydrogen) atoms. The molecule has 0 N–H and O–H groups in total. The average molecular weight is 312 g/mol. The highest BCUT2D eigenvalue weighted by atomic mass is 79.9. The molecule has 2 aromatic rings. The van der Waals surface area contributed by atoms with E-state index in [9.17, 15) is 4.79 Å². The molecule has 0 bridgehead atoms. The van der Waals surface area contributed by atoms with Crippen LogP contribution in [0.1, 0.15) is 20.9 Å². The van der Waals surface area contributed by atoms with Crippen molar-refractivity contribution in [1.82, 2.24) is 9.97 Å². The Morgan fingerprint density at radius 3 is 2.59 bits per heavy atom. The van der Waals surface area contributed by atoms with Gasteiger partial charge in [-0.15, -0.1) is 0 Å². The first-order valence-corrected chi connectivity index (χ1v) is 6.19. The molecule has 2 rings (SSSR count). The summed E-state index contributed by atoms with van der Waals surface area (Å²) in [7, 11) is 0. The molecule has 0 amide bonds. The number of Topliss-reactive ketones (excluding diaryl/α,β-unsaturated/α-hetero) is 1. The Bertz CT molecular complexity index is 533. The molecule has 0 spiro atoms. The molecule has 0 fully saturated rings. The lowest BCUT2D eigenvalue weighted by Gasteiger charge is -2.08. The van der Waals surface area contributed by atoms with E-state index >= 15 is 0 Å². The molecule has 0 aliphatic carbocycles. The van der Waals surface area contributed by atoms with Crippen LogP contribution in [0.25, 0.3) is 0 Å². The van der Waals surface area contributed by atoms with Crippen molar-refractivity contribution in [2.24, 2.45) is 0 Å². The molecule has 1 heterocycles. The number of carbonyl (C=O) groups excluding carboxylic acids is 1. The zero-order valence-corrected chi connectivity index (χ0v) is 11.0. The zero-order valence-electron chi connectivity index (χ0n) is 8.68. The minimum atomic E-state index is -0.509. The molecule has 3 nitrogen and oxygen atoms in total. The molecule has 86 valence electrons. The zero-order chi connectivity index (χ0) is 12.3. The SMILES string of the molecule is O=C(c1ccccc1)C(Br)c1ccnc(Cl)n1. The van der Waals surface area contributed by atoms with Crippen LogP contribution in [0.3, 0.4) is 0 Å². The third-order valence-corrected chi connectivity index (χ3v) is 3.26. The van der Waals surface area contributed by atoms with Gasteiger partial charge in [0.15, 0.2) is 5.78 Å². The molecule has 1 aromatic heterocycles. The Morgan fingerprint density at radius 2 is 1.94 bits per heavy atom. The number of carbonyl (C=O) groups is 1. The van der Waals surface area contributed by atoms with Crippen LogP contribution in [-0.2, 0) is 0 Å². The van der Waals surface area contributed by atoms with Crippen molar-refractivity contribution in [2.45, 2.75) is 4.83 Å². The summed E-state index contributed by atoms with van der Waals surface area (Å²) in [5.74, 6) is -0.0552. The van der Waals surface area contributed by atoms with Crippen LogP contribution in [0.15, 0.2) is 42.6 Å². The van der Waals surface area contributed by atoms with Crippen molar-refractivity contribution in [2.75, 3.05) is 0 Å². The maximum atomic E-state index is 12.1. The monoisotopic (exact) mass is 310 g/mol. The van der Waals surface area contributed by atoms with Gasteiger partial charge in [-0.2, -0.15) is 0 Å². The van der Waals surface area contributed by atoms with E-state index in [1.807, 2.05) is 18.2 Å². The fourth-order valence-corrected chi connectivity index (χ4v) is 2.05. The lowest BCUT2D eigenvalue weighted by Crippen LogP contribution is -2.08. The van der Waals surface area contributed by atoms with Crippen LogP contribution in [0.4, 0.5) is 0 Å². The first kappa shape index (κ1) is 12.2. The Hall–Kier alpha value is -1.26. The third-order valence-electron chi connectivity index (χ3n) is 2.20. The number of ketones is 1. The van der Waals surface area contributed by atoms with Gasteiger partial charge in [-0.3, -0.25) is 4.79 Å². The van der Waals surface area contributed by atoms with Crippen molar-refractivity contribution in [1.29, 1.82) is 0 Å². The van der Waals surface area contributed by atoms with Crippen molar-refractivity contribution < 1.29 is 4.79 Å². The molecule has 0 saturated heterocycles. The lowest BCUT2D eigenvalue weighted by atomic mass is 10.1. The van der Waals surface area contributed by atoms with Gasteiger partial charge in [-0.1, -0.05) is 46.3 Å². The Morgan fingerprint density at radius 1 is 1.24 bits per heavy atom. The van der Waals surface area contributed by atoms with E-state index in [0.29, 0.717) is 11.3 Å². The number of hydrogen-bond donors (Lipinski definition) is 0. The number of aromatic nitrogens is 2. The van der Waals surface area contributed by atoms with Crippen LogP contribution in [0.2, 0.25) is 5.28 Å². The topological polar surface area (TPSA) is 42.9 Å². The number of halogens is 2. The summed E-state index contributed by atoms with van der Waals surface area (Å²) >= 11 is 9.01. The molecular weight excluding hydrogens is 304 g/mol. The second-order valence-electron chi connectivity index (χ2n) is 3.34. The van der Waals surface area contributed by atoms with E-state index < -0.39 is 4.83 Å². The summed E-state index contributed by atoms with van der Waals surface area (Å²) in [6, 6.07) is 10.7. The van der Waals surface area contributed by atoms with Crippen LogP contribution >= 0.6 is 27.5 Å². The Balaban J connectivity index is 2.27. The van der Waals surface area contributed by atoms with Crippen molar-refractivity contribution >= 4 is 33.3 Å². The van der Waals surface area contributed by atoms with Crippen LogP contribution in [-0.4, -0.2) is 15.8 Å². The van der Waals surface area contributed by atoms with Crippen molar-refractivity contribution in [3.63, 3.8) is 0 Å². The van der Waals surface area contributed by atoms with Gasteiger partial charge in [0.1, 0.15) is 4.83 Å². The predicted octanol–water partition coefficient (Wildman–Crippen LogP) is 3.45. The summed E-state index contributed by atoms with van der Waals surface area (Å²) in [5.41, 5.74) is 1.18. The summed E-state index contributed by atoms with van der Waals surface area (Å²) in [5, 5.41) is 0.132. The summed E-state index contributed by atoms with van der Waals surface area (Å²) in [6.45, 7) is 0. The number of alkyl halides is 1. The smallest absolute Gasteiger partial charge is 0.222 e. The largest absolute Gasteiger partial charge is 0.292 e. The molecule has 0 aliphatic rings. The van der Waals surface area contributed by atoms with Gasteiger partial charge >= 0.3 is 0 Å². The number of nitrogens with zero attached hydrogens (tertiary/aromatic N) is 2. The quantitative estimate of drug-likeness (QED) is 0.495. The maximum absolute atomic E-state index is 12.1. The molecule has 0 radical (unpaired) electrons. The van der Waals surface area contributed by atoms with Gasteiger partial charge in [-0.05, 0) is 17.7 Å². The van der Waals surface area contributed by atoms with E-state index in [0.717, 1.165) is 0 Å². The van der Waals surface area contributed by atoms with E-state index in [2.05, 4.69) is 25.9 Å². The molecule has 0 saturated carbocycles. The minimum absolute atomic E-state index is 0.0552. The summed E-state index contributed by atoms with van der Waals surface area (Å²) in [4.78, 5) is 19.4. The number of hydrogen-bond acceptors (Lipinski definition) is 3. The van der Waals surface area contributed by atoms with Gasteiger partial charge in [0.2, 0.25) is 5.28 Å². The predicted molar refractivity (Wildman–Crippen MR) is 69.5 cm³/mol. The molecule has 1 atom stereocenters. The van der Waals surface area contributed by atoms with E-state index in [-0.39, 0.29) is 11.1 Å². The van der Waals surface area contributed by atoms with E-state index in [1.165, 1.54) is 6.20 Å². The van der Waals surface area contributed by atoms with E-state index in [4.69, 9.17) is 11.6 Å². The fraction of sp³-hybridized carbons (Fsp3) is 0.0833. The van der Waals surface area contributed by atoms with Crippen molar-refractivity contribution in [3.8, 4) is 0 Å². The van der Waals surface area contributed by atoms with Gasteiger partial charge in [-0.25, -0.2) is 9.97 Å². The average Bonchev–Trinajstić information content (AvgIpc) is 2.38. The highest BCUT2D eigenvalue weighted by molar-refractivity contribution is 9.09. The number of rotatable bonds is 3. The highest BCUT2D eigenvalue weighted by Gasteiger charge is 2.20. The second-order valence-corrected chi connectivity index (χ2v) is 4.60. The minimum Gasteiger partial charge on any atom is -0.292 e. The first-order chi connectivity index (χ1) is 8.18. The molecule has 1 unspecified atom stereocenters. The molecule has 0 aliphatic heterocycles. The Kier molecular flexibility index (Phi) is 3.86. The van der Waals surface area contributed by atoms with Crippen LogP contribution < -0.4 is 0 Å². The normalized spacial score (nSPS) is 12.1. The van der Waals surface area contributed by atoms with Gasteiger partial charge < -0.3 is 0 Å². The van der Waals surface area contributed by atoms with Crippen molar-refractivity contribution in [3.05, 3.63) is 59.1 Å². The summed E-state index contributed by atoms with van der Waals surface area (Å²) in [6.07, 6.45) is 1.52. The van der Waals surface area contributed by atoms with Crippen LogP contribution in [0.5, 0.6) is 0 Å². The van der Waals surface area contributed by atoms with Crippen LogP contribution in [0, 0.1) is 0 Å². The number of benzene rings is 1. The Labute approximate surface area is 112 Å². The highest BCUT2D eigenvalue weighted by Crippen LogP contribution is 2.25. The molecule has 1 aromatic carbocycles. The first-order valence-electron chi connectivity index (χ1n) is 4.90. The third kappa shape index (κ3) is 2.90. The molecule has 5 heteroatoms. The summed E-state index contributed by atoms with van der Waals surface area (Å²) < 4.78 is 0. The van der Waals surface area contributed by atoms with Gasteiger partial charge in [0, 0.05) is 11.8 Å². The van der Waals surface area contributed by atoms with Gasteiger partial charge in [0.05, 0.1) is 5.69 Å². The second kappa shape index (κ2) is 5.38. The maximum Gasteiger partial charge on any atom is 0.222 e. The van der Waals surface area contributed by atoms with Gasteiger partial charge in [0.25, 0.3) is 0 Å². The standard InChI is InChI=1S/C12H8BrClN2O/c13-10(9-6-7-15-12(14)16-9)11(17)8-4-2-1-3-5-8/h1-7,10H.